The van der Waals surface area contributed by atoms with Crippen LogP contribution in [0, 0.1) is 6.92 Å². The van der Waals surface area contributed by atoms with Gasteiger partial charge >= 0.3 is 0 Å². The molecule has 128 valence electrons. The number of halogens is 1. The average Bonchev–Trinajstić information content (AvgIpc) is 2.54. The maximum atomic E-state index is 12.5. The number of ether oxygens (including phenoxy) is 2. The number of aryl methyl sites for hydroxylation is 1. The second-order valence-corrected chi connectivity index (χ2v) is 5.61. The highest BCUT2D eigenvalue weighted by Crippen LogP contribution is 2.37. The van der Waals surface area contributed by atoms with E-state index in [0.29, 0.717) is 41.0 Å². The Morgan fingerprint density at radius 3 is 2.71 bits per heavy atom. The monoisotopic (exact) mass is 348 g/mol. The predicted octanol–water partition coefficient (Wildman–Crippen LogP) is 4.48. The molecule has 2 rings (SSSR count). The minimum Gasteiger partial charge on any atom is -0.490 e. The fourth-order valence-electron chi connectivity index (χ4n) is 2.13. The van der Waals surface area contributed by atoms with Crippen molar-refractivity contribution in [2.45, 2.75) is 27.2 Å². The lowest BCUT2D eigenvalue weighted by atomic mass is 10.1. The van der Waals surface area contributed by atoms with E-state index in [1.54, 1.807) is 30.5 Å². The van der Waals surface area contributed by atoms with Gasteiger partial charge in [0.2, 0.25) is 0 Å². The highest BCUT2D eigenvalue weighted by molar-refractivity contribution is 6.32. The standard InChI is InChI=1S/C18H21ClN2O3/c1-4-8-24-17-15(19)10-13(11-16(17)23-5-2)18(22)21-14-6-7-20-12(3)9-14/h6-7,9-11H,4-5,8H2,1-3H3,(H,20,21,22). The number of hydrogen-bond acceptors (Lipinski definition) is 4. The van der Waals surface area contributed by atoms with Gasteiger partial charge in [0.1, 0.15) is 0 Å². The molecule has 1 N–H and O–H groups in total. The molecule has 1 heterocycles. The van der Waals surface area contributed by atoms with Crippen LogP contribution < -0.4 is 14.8 Å². The van der Waals surface area contributed by atoms with Crippen molar-refractivity contribution in [3.63, 3.8) is 0 Å². The Kier molecular flexibility index (Phi) is 6.44. The molecule has 5 nitrogen and oxygen atoms in total. The van der Waals surface area contributed by atoms with Gasteiger partial charge in [0, 0.05) is 23.1 Å². The van der Waals surface area contributed by atoms with E-state index in [4.69, 9.17) is 21.1 Å². The zero-order valence-electron chi connectivity index (χ0n) is 14.1. The highest BCUT2D eigenvalue weighted by atomic mass is 35.5. The third-order valence-electron chi connectivity index (χ3n) is 3.18. The van der Waals surface area contributed by atoms with E-state index >= 15 is 0 Å². The molecule has 0 spiro atoms. The first-order valence-electron chi connectivity index (χ1n) is 7.88. The lowest BCUT2D eigenvalue weighted by Crippen LogP contribution is -2.13. The Bertz CT molecular complexity index is 719. The number of rotatable bonds is 7. The number of aromatic nitrogens is 1. The lowest BCUT2D eigenvalue weighted by Gasteiger charge is -2.15. The maximum Gasteiger partial charge on any atom is 0.255 e. The molecular weight excluding hydrogens is 328 g/mol. The van der Waals surface area contributed by atoms with Crippen molar-refractivity contribution in [3.8, 4) is 11.5 Å². The van der Waals surface area contributed by atoms with E-state index in [1.807, 2.05) is 20.8 Å². The summed E-state index contributed by atoms with van der Waals surface area (Å²) in [4.78, 5) is 16.6. The molecule has 0 atom stereocenters. The Hall–Kier alpha value is -2.27. The maximum absolute atomic E-state index is 12.5. The van der Waals surface area contributed by atoms with Crippen molar-refractivity contribution in [2.24, 2.45) is 0 Å². The third-order valence-corrected chi connectivity index (χ3v) is 3.46. The van der Waals surface area contributed by atoms with E-state index < -0.39 is 0 Å². The number of anilines is 1. The molecule has 0 aliphatic carbocycles. The van der Waals surface area contributed by atoms with Gasteiger partial charge in [-0.15, -0.1) is 0 Å². The van der Waals surface area contributed by atoms with Gasteiger partial charge in [-0.2, -0.15) is 0 Å². The predicted molar refractivity (Wildman–Crippen MR) is 95.3 cm³/mol. The van der Waals surface area contributed by atoms with Gasteiger partial charge < -0.3 is 14.8 Å². The summed E-state index contributed by atoms with van der Waals surface area (Å²) >= 11 is 6.28. The van der Waals surface area contributed by atoms with Crippen molar-refractivity contribution in [1.82, 2.24) is 4.98 Å². The molecule has 1 aromatic carbocycles. The van der Waals surface area contributed by atoms with Crippen LogP contribution >= 0.6 is 11.6 Å². The Labute approximate surface area is 147 Å². The first-order valence-corrected chi connectivity index (χ1v) is 8.26. The molecule has 2 aromatic rings. The topological polar surface area (TPSA) is 60.5 Å². The summed E-state index contributed by atoms with van der Waals surface area (Å²) < 4.78 is 11.2. The molecule has 0 bridgehead atoms. The summed E-state index contributed by atoms with van der Waals surface area (Å²) in [6, 6.07) is 6.75. The first-order chi connectivity index (χ1) is 11.5. The third kappa shape index (κ3) is 4.61. The average molecular weight is 349 g/mol. The van der Waals surface area contributed by atoms with Gasteiger partial charge in [0.15, 0.2) is 11.5 Å². The molecule has 0 unspecified atom stereocenters. The highest BCUT2D eigenvalue weighted by Gasteiger charge is 2.16. The van der Waals surface area contributed by atoms with Crippen LogP contribution in [0.15, 0.2) is 30.5 Å². The SMILES string of the molecule is CCCOc1c(Cl)cc(C(=O)Nc2ccnc(C)c2)cc1OCC. The Morgan fingerprint density at radius 1 is 1.25 bits per heavy atom. The molecule has 0 aliphatic rings. The number of nitrogens with one attached hydrogen (secondary N) is 1. The molecule has 0 radical (unpaired) electrons. The summed E-state index contributed by atoms with van der Waals surface area (Å²) in [5.41, 5.74) is 1.90. The van der Waals surface area contributed by atoms with Gasteiger partial charge in [-0.25, -0.2) is 0 Å². The van der Waals surface area contributed by atoms with Crippen molar-refractivity contribution in [2.75, 3.05) is 18.5 Å². The van der Waals surface area contributed by atoms with Gasteiger partial charge in [0.05, 0.1) is 18.2 Å². The van der Waals surface area contributed by atoms with Gasteiger partial charge in [-0.05, 0) is 44.5 Å². The van der Waals surface area contributed by atoms with Gasteiger partial charge in [-0.1, -0.05) is 18.5 Å². The van der Waals surface area contributed by atoms with E-state index in [1.165, 1.54) is 0 Å². The summed E-state index contributed by atoms with van der Waals surface area (Å²) in [5, 5.41) is 3.18. The van der Waals surface area contributed by atoms with Crippen molar-refractivity contribution >= 4 is 23.2 Å². The molecule has 0 aliphatic heterocycles. The molecule has 6 heteroatoms. The number of benzene rings is 1. The van der Waals surface area contributed by atoms with Crippen LogP contribution in [-0.2, 0) is 0 Å². The van der Waals surface area contributed by atoms with E-state index in [9.17, 15) is 4.79 Å². The minimum absolute atomic E-state index is 0.273. The quantitative estimate of drug-likeness (QED) is 0.801. The largest absolute Gasteiger partial charge is 0.490 e. The van der Waals surface area contributed by atoms with Gasteiger partial charge in [-0.3, -0.25) is 9.78 Å². The van der Waals surface area contributed by atoms with Crippen LogP contribution in [0.4, 0.5) is 5.69 Å². The Balaban J connectivity index is 2.27. The van der Waals surface area contributed by atoms with Crippen LogP contribution in [0.2, 0.25) is 5.02 Å². The molecule has 24 heavy (non-hydrogen) atoms. The lowest BCUT2D eigenvalue weighted by molar-refractivity contribution is 0.102. The normalized spacial score (nSPS) is 10.3. The van der Waals surface area contributed by atoms with E-state index in [-0.39, 0.29) is 5.91 Å². The molecular formula is C18H21ClN2O3. The van der Waals surface area contributed by atoms with E-state index in [0.717, 1.165) is 12.1 Å². The van der Waals surface area contributed by atoms with Crippen LogP contribution in [0.5, 0.6) is 11.5 Å². The summed E-state index contributed by atoms with van der Waals surface area (Å²) in [6.45, 7) is 6.71. The zero-order valence-corrected chi connectivity index (χ0v) is 14.8. The summed E-state index contributed by atoms with van der Waals surface area (Å²) in [7, 11) is 0. The molecule has 0 saturated heterocycles. The Morgan fingerprint density at radius 2 is 2.04 bits per heavy atom. The van der Waals surface area contributed by atoms with Gasteiger partial charge in [0.25, 0.3) is 5.91 Å². The molecule has 1 aromatic heterocycles. The number of amides is 1. The van der Waals surface area contributed by atoms with Crippen molar-refractivity contribution in [1.29, 1.82) is 0 Å². The fourth-order valence-corrected chi connectivity index (χ4v) is 2.40. The number of carbonyl (C=O) groups excluding carboxylic acids is 1. The van der Waals surface area contributed by atoms with Crippen LogP contribution in [0.3, 0.4) is 0 Å². The zero-order chi connectivity index (χ0) is 17.5. The first kappa shape index (κ1) is 18.1. The fraction of sp³-hybridized carbons (Fsp3) is 0.333. The summed E-state index contributed by atoms with van der Waals surface area (Å²) in [5.74, 6) is 0.664. The van der Waals surface area contributed by atoms with Crippen LogP contribution in [0.1, 0.15) is 36.3 Å². The minimum atomic E-state index is -0.273. The molecule has 1 amide bonds. The second-order valence-electron chi connectivity index (χ2n) is 5.21. The van der Waals surface area contributed by atoms with Crippen molar-refractivity contribution in [3.05, 3.63) is 46.7 Å². The summed E-state index contributed by atoms with van der Waals surface area (Å²) in [6.07, 6.45) is 2.50. The smallest absolute Gasteiger partial charge is 0.255 e. The van der Waals surface area contributed by atoms with Crippen molar-refractivity contribution < 1.29 is 14.3 Å². The molecule has 0 fully saturated rings. The van der Waals surface area contributed by atoms with Crippen LogP contribution in [-0.4, -0.2) is 24.1 Å². The van der Waals surface area contributed by atoms with E-state index in [2.05, 4.69) is 10.3 Å². The number of pyridine rings is 1. The number of carbonyl (C=O) groups is 1. The second kappa shape index (κ2) is 8.55. The molecule has 0 saturated carbocycles. The van der Waals surface area contributed by atoms with Crippen LogP contribution in [0.25, 0.3) is 0 Å². The number of nitrogens with zero attached hydrogens (tertiary/aromatic N) is 1. The number of hydrogen-bond donors (Lipinski definition) is 1.